The van der Waals surface area contributed by atoms with Gasteiger partial charge in [0.2, 0.25) is 5.88 Å². The van der Waals surface area contributed by atoms with Gasteiger partial charge in [-0.15, -0.1) is 0 Å². The molecule has 3 aliphatic rings. The van der Waals surface area contributed by atoms with Crippen molar-refractivity contribution in [3.63, 3.8) is 0 Å². The molecule has 2 aromatic heterocycles. The van der Waals surface area contributed by atoms with Gasteiger partial charge in [0, 0.05) is 25.1 Å². The van der Waals surface area contributed by atoms with Crippen molar-refractivity contribution >= 4 is 17.5 Å². The lowest BCUT2D eigenvalue weighted by Gasteiger charge is -2.49. The van der Waals surface area contributed by atoms with E-state index in [0.717, 1.165) is 12.5 Å². The van der Waals surface area contributed by atoms with Crippen molar-refractivity contribution in [3.05, 3.63) is 70.9 Å². The number of hydrogen-bond donors (Lipinski definition) is 0. The third-order valence-corrected chi connectivity index (χ3v) is 6.68. The van der Waals surface area contributed by atoms with Crippen LogP contribution >= 0.6 is 11.6 Å². The number of benzene rings is 1. The van der Waals surface area contributed by atoms with Crippen molar-refractivity contribution in [1.82, 2.24) is 19.9 Å². The van der Waals surface area contributed by atoms with E-state index in [4.69, 9.17) is 16.3 Å². The van der Waals surface area contributed by atoms with Gasteiger partial charge < -0.3 is 9.64 Å². The Morgan fingerprint density at radius 1 is 1.11 bits per heavy atom. The van der Waals surface area contributed by atoms with Gasteiger partial charge in [-0.3, -0.25) is 4.79 Å². The van der Waals surface area contributed by atoms with E-state index in [-0.39, 0.29) is 45.7 Å². The summed E-state index contributed by atoms with van der Waals surface area (Å²) in [6.07, 6.45) is 0.625. The highest BCUT2D eigenvalue weighted by molar-refractivity contribution is 6.31. The number of halogens is 5. The maximum absolute atomic E-state index is 14.8. The Balaban J connectivity index is 1.42. The number of ether oxygens (including phenoxy) is 1. The monoisotopic (exact) mass is 506 g/mol. The van der Waals surface area contributed by atoms with E-state index in [9.17, 15) is 22.4 Å². The van der Waals surface area contributed by atoms with Crippen LogP contribution in [0.4, 0.5) is 17.6 Å². The molecule has 35 heavy (non-hydrogen) atoms. The summed E-state index contributed by atoms with van der Waals surface area (Å²) in [7, 11) is 0. The Labute approximate surface area is 202 Å². The smallest absolute Gasteiger partial charge is 0.417 e. The normalized spacial score (nSPS) is 21.7. The molecular formula is C24H19ClF4N4O2. The van der Waals surface area contributed by atoms with Crippen LogP contribution in [-0.4, -0.2) is 44.4 Å². The zero-order chi connectivity index (χ0) is 24.7. The minimum absolute atomic E-state index is 0.0180. The van der Waals surface area contributed by atoms with Crippen LogP contribution in [0.1, 0.15) is 35.2 Å². The number of aromatic nitrogens is 3. The highest BCUT2D eigenvalue weighted by atomic mass is 35.5. The molecule has 1 amide bonds. The fourth-order valence-electron chi connectivity index (χ4n) is 4.81. The van der Waals surface area contributed by atoms with E-state index in [1.807, 2.05) is 0 Å². The second-order valence-corrected chi connectivity index (χ2v) is 9.01. The maximum Gasteiger partial charge on any atom is 0.417 e. The van der Waals surface area contributed by atoms with Crippen molar-refractivity contribution in [2.24, 2.45) is 5.92 Å². The molecule has 1 aromatic carbocycles. The van der Waals surface area contributed by atoms with Crippen LogP contribution < -0.4 is 4.74 Å². The molecule has 3 aromatic rings. The molecule has 1 aliphatic carbocycles. The molecule has 2 aliphatic heterocycles. The van der Waals surface area contributed by atoms with Crippen LogP contribution in [0.2, 0.25) is 5.02 Å². The van der Waals surface area contributed by atoms with Gasteiger partial charge >= 0.3 is 6.18 Å². The number of alkyl halides is 3. The van der Waals surface area contributed by atoms with Gasteiger partial charge in [0.05, 0.1) is 22.7 Å². The zero-order valence-electron chi connectivity index (χ0n) is 18.2. The molecule has 6 nitrogen and oxygen atoms in total. The molecule has 0 N–H and O–H groups in total. The Morgan fingerprint density at radius 3 is 2.57 bits per heavy atom. The molecule has 4 heterocycles. The van der Waals surface area contributed by atoms with E-state index in [2.05, 4.69) is 15.0 Å². The number of piperidine rings is 2. The molecule has 182 valence electrons. The quantitative estimate of drug-likeness (QED) is 0.442. The van der Waals surface area contributed by atoms with Crippen LogP contribution in [0.15, 0.2) is 48.9 Å². The van der Waals surface area contributed by atoms with Crippen LogP contribution in [0, 0.1) is 11.7 Å². The second-order valence-electron chi connectivity index (χ2n) is 8.60. The van der Waals surface area contributed by atoms with Crippen molar-refractivity contribution < 1.29 is 27.1 Å². The number of carbonyl (C=O) groups excluding carboxylic acids is 1. The molecule has 0 radical (unpaired) electrons. The summed E-state index contributed by atoms with van der Waals surface area (Å²) in [5, 5.41) is -0.257. The summed E-state index contributed by atoms with van der Waals surface area (Å²) in [5.41, 5.74) is -0.823. The molecule has 0 unspecified atom stereocenters. The number of nitrogens with zero attached hydrogens (tertiary/aromatic N) is 4. The first kappa shape index (κ1) is 23.5. The van der Waals surface area contributed by atoms with E-state index in [1.165, 1.54) is 30.6 Å². The van der Waals surface area contributed by atoms with Crippen molar-refractivity contribution in [2.45, 2.75) is 37.6 Å². The summed E-state index contributed by atoms with van der Waals surface area (Å²) in [5.74, 6) is -0.898. The van der Waals surface area contributed by atoms with E-state index < -0.39 is 23.7 Å². The van der Waals surface area contributed by atoms with Gasteiger partial charge in [0.1, 0.15) is 16.9 Å². The second kappa shape index (κ2) is 9.07. The molecule has 2 saturated heterocycles. The van der Waals surface area contributed by atoms with E-state index in [0.29, 0.717) is 25.6 Å². The number of hydrogen-bond acceptors (Lipinski definition) is 5. The van der Waals surface area contributed by atoms with Gasteiger partial charge in [-0.25, -0.2) is 19.3 Å². The third-order valence-electron chi connectivity index (χ3n) is 6.41. The Hall–Kier alpha value is -3.27. The average Bonchev–Trinajstić information content (AvgIpc) is 2.85. The molecule has 1 saturated carbocycles. The summed E-state index contributed by atoms with van der Waals surface area (Å²) < 4.78 is 59.6. The van der Waals surface area contributed by atoms with Gasteiger partial charge in [0.15, 0.2) is 5.82 Å². The lowest BCUT2D eigenvalue weighted by molar-refractivity contribution is -0.137. The number of fused-ring (bicyclic) bond motifs is 3. The van der Waals surface area contributed by atoms with E-state index in [1.54, 1.807) is 11.0 Å². The van der Waals surface area contributed by atoms with Gasteiger partial charge in [0.25, 0.3) is 5.91 Å². The minimum atomic E-state index is -4.58. The lowest BCUT2D eigenvalue weighted by atomic mass is 9.77. The molecule has 3 atom stereocenters. The topological polar surface area (TPSA) is 68.2 Å². The fourth-order valence-corrected chi connectivity index (χ4v) is 5.03. The number of rotatable bonds is 4. The summed E-state index contributed by atoms with van der Waals surface area (Å²) >= 11 is 6.03. The highest BCUT2D eigenvalue weighted by Gasteiger charge is 2.45. The SMILES string of the molecule is O=C(c1cccc(F)c1-c1ncccn1)N1C[C@@H]2CC[C@H]1[C@H](Oc1ncc(C(F)(F)F)cc1Cl)C2. The first-order chi connectivity index (χ1) is 16.7. The maximum atomic E-state index is 14.8. The Morgan fingerprint density at radius 2 is 1.89 bits per heavy atom. The van der Waals surface area contributed by atoms with Crippen LogP contribution in [0.3, 0.4) is 0 Å². The van der Waals surface area contributed by atoms with Crippen LogP contribution in [0.25, 0.3) is 11.4 Å². The van der Waals surface area contributed by atoms with Crippen molar-refractivity contribution in [1.29, 1.82) is 0 Å². The first-order valence-corrected chi connectivity index (χ1v) is 11.4. The standard InChI is InChI=1S/C24H19ClF4N4O2/c25-16-10-14(24(27,28)29)11-32-22(16)35-19-9-13-5-6-18(19)33(12-13)23(34)15-3-1-4-17(26)20(15)21-30-7-2-8-31-21/h1-4,7-8,10-11,13,18-19H,5-6,9,12H2/t13-,18+,19-/m1/s1. The predicted octanol–water partition coefficient (Wildman–Crippen LogP) is 5.42. The Kier molecular flexibility index (Phi) is 6.08. The largest absolute Gasteiger partial charge is 0.471 e. The summed E-state index contributed by atoms with van der Waals surface area (Å²) in [6.45, 7) is 0.461. The summed E-state index contributed by atoms with van der Waals surface area (Å²) in [6, 6.07) is 6.22. The zero-order valence-corrected chi connectivity index (χ0v) is 18.9. The summed E-state index contributed by atoms with van der Waals surface area (Å²) in [4.78, 5) is 27.3. The molecule has 6 rings (SSSR count). The third kappa shape index (κ3) is 4.54. The first-order valence-electron chi connectivity index (χ1n) is 11.0. The van der Waals surface area contributed by atoms with E-state index >= 15 is 0 Å². The van der Waals surface area contributed by atoms with Gasteiger partial charge in [-0.2, -0.15) is 13.2 Å². The molecule has 2 bridgehead atoms. The van der Waals surface area contributed by atoms with Crippen molar-refractivity contribution in [2.75, 3.05) is 6.54 Å². The average molecular weight is 507 g/mol. The molecular weight excluding hydrogens is 488 g/mol. The Bertz CT molecular complexity index is 1260. The predicted molar refractivity (Wildman–Crippen MR) is 118 cm³/mol. The van der Waals surface area contributed by atoms with Crippen LogP contribution in [0.5, 0.6) is 5.88 Å². The number of amides is 1. The highest BCUT2D eigenvalue weighted by Crippen LogP contribution is 2.40. The minimum Gasteiger partial charge on any atom is -0.471 e. The number of pyridine rings is 1. The molecule has 0 spiro atoms. The van der Waals surface area contributed by atoms with Crippen molar-refractivity contribution in [3.8, 4) is 17.3 Å². The molecule has 11 heteroatoms. The number of carbonyl (C=O) groups is 1. The molecule has 3 fully saturated rings. The lowest BCUT2D eigenvalue weighted by Crippen LogP contribution is -2.59. The fraction of sp³-hybridized carbons (Fsp3) is 0.333. The van der Waals surface area contributed by atoms with Gasteiger partial charge in [-0.1, -0.05) is 17.7 Å². The van der Waals surface area contributed by atoms with Gasteiger partial charge in [-0.05, 0) is 49.4 Å². The van der Waals surface area contributed by atoms with Crippen LogP contribution in [-0.2, 0) is 6.18 Å².